The molecule has 5 heteroatoms. The number of aryl methyl sites for hydroxylation is 1. The van der Waals surface area contributed by atoms with E-state index in [0.717, 1.165) is 37.0 Å². The van der Waals surface area contributed by atoms with Crippen molar-refractivity contribution in [3.05, 3.63) is 93.7 Å². The van der Waals surface area contributed by atoms with Gasteiger partial charge in [0.2, 0.25) is 0 Å². The molecule has 0 saturated carbocycles. The standard InChI is InChI=1S/C27H27ClN2O2/c1-20-9-8-10-23(19-20)32-18-7-3-2-6-17-30-26(21-13-15-22(28)16-14-21)29-25-12-5-4-11-24(25)27(30)31/h4-5,8-16,19H,2-3,6-7,17-18H2,1H3. The van der Waals surface area contributed by atoms with Gasteiger partial charge in [0.25, 0.3) is 5.56 Å². The van der Waals surface area contributed by atoms with Crippen LogP contribution in [-0.4, -0.2) is 16.2 Å². The molecule has 0 aliphatic rings. The third-order valence-electron chi connectivity index (χ3n) is 5.50. The van der Waals surface area contributed by atoms with Crippen molar-refractivity contribution in [1.29, 1.82) is 0 Å². The van der Waals surface area contributed by atoms with E-state index in [1.165, 1.54) is 5.56 Å². The quantitative estimate of drug-likeness (QED) is 0.270. The van der Waals surface area contributed by atoms with Gasteiger partial charge >= 0.3 is 0 Å². The third-order valence-corrected chi connectivity index (χ3v) is 5.75. The summed E-state index contributed by atoms with van der Waals surface area (Å²) in [6, 6.07) is 23.1. The monoisotopic (exact) mass is 446 g/mol. The van der Waals surface area contributed by atoms with E-state index in [9.17, 15) is 4.79 Å². The van der Waals surface area contributed by atoms with E-state index >= 15 is 0 Å². The van der Waals surface area contributed by atoms with Gasteiger partial charge in [-0.05, 0) is 73.9 Å². The maximum absolute atomic E-state index is 13.2. The molecular formula is C27H27ClN2O2. The minimum Gasteiger partial charge on any atom is -0.494 e. The first-order chi connectivity index (χ1) is 15.6. The number of unbranched alkanes of at least 4 members (excludes halogenated alkanes) is 3. The van der Waals surface area contributed by atoms with Gasteiger partial charge in [0.05, 0.1) is 17.5 Å². The van der Waals surface area contributed by atoms with E-state index in [1.807, 2.05) is 60.7 Å². The second kappa shape index (κ2) is 10.5. The Morgan fingerprint density at radius 3 is 2.50 bits per heavy atom. The molecule has 0 N–H and O–H groups in total. The summed E-state index contributed by atoms with van der Waals surface area (Å²) in [7, 11) is 0. The van der Waals surface area contributed by atoms with Crippen LogP contribution in [0.2, 0.25) is 5.02 Å². The number of hydrogen-bond acceptors (Lipinski definition) is 3. The number of aromatic nitrogens is 2. The first kappa shape index (κ1) is 22.1. The first-order valence-electron chi connectivity index (χ1n) is 11.1. The van der Waals surface area contributed by atoms with Crippen molar-refractivity contribution in [3.8, 4) is 17.1 Å². The molecule has 0 aliphatic heterocycles. The summed E-state index contributed by atoms with van der Waals surface area (Å²) < 4.78 is 7.63. The molecule has 0 saturated heterocycles. The molecule has 0 unspecified atom stereocenters. The molecule has 0 bridgehead atoms. The maximum atomic E-state index is 13.2. The maximum Gasteiger partial charge on any atom is 0.261 e. The van der Waals surface area contributed by atoms with Crippen LogP contribution >= 0.6 is 11.6 Å². The van der Waals surface area contributed by atoms with Gasteiger partial charge in [0.1, 0.15) is 11.6 Å². The summed E-state index contributed by atoms with van der Waals surface area (Å²) in [5.41, 5.74) is 2.81. The Bertz CT molecular complexity index is 1250. The van der Waals surface area contributed by atoms with Gasteiger partial charge in [-0.1, -0.05) is 48.7 Å². The lowest BCUT2D eigenvalue weighted by molar-refractivity contribution is 0.304. The Kier molecular flexibility index (Phi) is 7.23. The Morgan fingerprint density at radius 2 is 1.69 bits per heavy atom. The lowest BCUT2D eigenvalue weighted by atomic mass is 10.1. The van der Waals surface area contributed by atoms with Crippen molar-refractivity contribution in [2.24, 2.45) is 0 Å². The summed E-state index contributed by atoms with van der Waals surface area (Å²) in [6.45, 7) is 3.40. The fraction of sp³-hybridized carbons (Fsp3) is 0.259. The Hall–Kier alpha value is -3.11. The molecule has 32 heavy (non-hydrogen) atoms. The van der Waals surface area contributed by atoms with Crippen molar-refractivity contribution in [1.82, 2.24) is 9.55 Å². The van der Waals surface area contributed by atoms with Crippen LogP contribution in [-0.2, 0) is 6.54 Å². The van der Waals surface area contributed by atoms with Crippen LogP contribution < -0.4 is 10.3 Å². The average molecular weight is 447 g/mol. The van der Waals surface area contributed by atoms with Gasteiger partial charge in [-0.2, -0.15) is 0 Å². The zero-order chi connectivity index (χ0) is 22.3. The lowest BCUT2D eigenvalue weighted by Gasteiger charge is -2.14. The number of fused-ring (bicyclic) bond motifs is 1. The highest BCUT2D eigenvalue weighted by Crippen LogP contribution is 2.22. The number of benzene rings is 3. The topological polar surface area (TPSA) is 44.1 Å². The molecule has 1 aromatic heterocycles. The number of nitrogens with zero attached hydrogens (tertiary/aromatic N) is 2. The smallest absolute Gasteiger partial charge is 0.261 e. The summed E-state index contributed by atoms with van der Waals surface area (Å²) in [6.07, 6.45) is 3.97. The molecule has 164 valence electrons. The minimum atomic E-state index is 0.00308. The molecule has 4 rings (SSSR count). The number of rotatable bonds is 9. The largest absolute Gasteiger partial charge is 0.494 e. The highest BCUT2D eigenvalue weighted by molar-refractivity contribution is 6.30. The zero-order valence-electron chi connectivity index (χ0n) is 18.3. The van der Waals surface area contributed by atoms with Crippen LogP contribution in [0.5, 0.6) is 5.75 Å². The second-order valence-corrected chi connectivity index (χ2v) is 8.43. The average Bonchev–Trinajstić information content (AvgIpc) is 2.80. The van der Waals surface area contributed by atoms with Crippen molar-refractivity contribution < 1.29 is 4.74 Å². The fourth-order valence-electron chi connectivity index (χ4n) is 3.82. The summed E-state index contributed by atoms with van der Waals surface area (Å²) in [5, 5.41) is 1.31. The van der Waals surface area contributed by atoms with E-state index in [2.05, 4.69) is 19.1 Å². The molecule has 3 aromatic carbocycles. The number of ether oxygens (including phenoxy) is 1. The van der Waals surface area contributed by atoms with E-state index in [4.69, 9.17) is 21.3 Å². The molecule has 4 nitrogen and oxygen atoms in total. The summed E-state index contributed by atoms with van der Waals surface area (Å²) >= 11 is 6.06. The fourth-order valence-corrected chi connectivity index (χ4v) is 3.94. The van der Waals surface area contributed by atoms with Crippen LogP contribution in [0.1, 0.15) is 31.2 Å². The minimum absolute atomic E-state index is 0.00308. The van der Waals surface area contributed by atoms with Gasteiger partial charge in [0.15, 0.2) is 0 Å². The highest BCUT2D eigenvalue weighted by atomic mass is 35.5. The van der Waals surface area contributed by atoms with E-state index < -0.39 is 0 Å². The molecule has 0 aliphatic carbocycles. The van der Waals surface area contributed by atoms with Crippen LogP contribution in [0.25, 0.3) is 22.3 Å². The first-order valence-corrected chi connectivity index (χ1v) is 11.4. The second-order valence-electron chi connectivity index (χ2n) is 8.00. The molecule has 0 amide bonds. The van der Waals surface area contributed by atoms with E-state index in [1.54, 1.807) is 4.57 Å². The van der Waals surface area contributed by atoms with Crippen molar-refractivity contribution in [2.45, 2.75) is 39.2 Å². The summed E-state index contributed by atoms with van der Waals surface area (Å²) in [4.78, 5) is 18.0. The number of hydrogen-bond donors (Lipinski definition) is 0. The van der Waals surface area contributed by atoms with Gasteiger partial charge in [-0.15, -0.1) is 0 Å². The normalized spacial score (nSPS) is 11.1. The highest BCUT2D eigenvalue weighted by Gasteiger charge is 2.12. The zero-order valence-corrected chi connectivity index (χ0v) is 19.0. The Morgan fingerprint density at radius 1 is 0.906 bits per heavy atom. The third kappa shape index (κ3) is 5.38. The van der Waals surface area contributed by atoms with Gasteiger partial charge < -0.3 is 4.74 Å². The van der Waals surface area contributed by atoms with E-state index in [0.29, 0.717) is 34.9 Å². The van der Waals surface area contributed by atoms with E-state index in [-0.39, 0.29) is 5.56 Å². The van der Waals surface area contributed by atoms with Gasteiger partial charge in [-0.25, -0.2) is 4.98 Å². The summed E-state index contributed by atoms with van der Waals surface area (Å²) in [5.74, 6) is 1.61. The molecule has 0 atom stereocenters. The molecule has 0 spiro atoms. The molecule has 0 radical (unpaired) electrons. The Balaban J connectivity index is 1.40. The molecule has 0 fully saturated rings. The van der Waals surface area contributed by atoms with Crippen LogP contribution in [0.3, 0.4) is 0 Å². The van der Waals surface area contributed by atoms with Crippen LogP contribution in [0.4, 0.5) is 0 Å². The Labute approximate surface area is 193 Å². The van der Waals surface area contributed by atoms with Crippen molar-refractivity contribution >= 4 is 22.5 Å². The molecular weight excluding hydrogens is 420 g/mol. The van der Waals surface area contributed by atoms with Gasteiger partial charge in [-0.3, -0.25) is 9.36 Å². The number of para-hydroxylation sites is 1. The predicted octanol–water partition coefficient (Wildman–Crippen LogP) is 6.66. The van der Waals surface area contributed by atoms with Crippen LogP contribution in [0, 0.1) is 6.92 Å². The molecule has 4 aromatic rings. The van der Waals surface area contributed by atoms with Crippen molar-refractivity contribution in [2.75, 3.05) is 6.61 Å². The predicted molar refractivity (Wildman–Crippen MR) is 132 cm³/mol. The number of halogens is 1. The lowest BCUT2D eigenvalue weighted by Crippen LogP contribution is -2.23. The molecule has 1 heterocycles. The van der Waals surface area contributed by atoms with Crippen LogP contribution in [0.15, 0.2) is 77.6 Å². The SMILES string of the molecule is Cc1cccc(OCCCCCCn2c(-c3ccc(Cl)cc3)nc3ccccc3c2=O)c1. The van der Waals surface area contributed by atoms with Crippen molar-refractivity contribution in [3.63, 3.8) is 0 Å². The van der Waals surface area contributed by atoms with Gasteiger partial charge in [0, 0.05) is 17.1 Å².